The average molecular weight is 270 g/mol. The first-order valence-electron chi connectivity index (χ1n) is 6.56. The SMILES string of the molecule is COCCN(c1nc2c(s1)CCCC2O)C(C)C. The lowest BCUT2D eigenvalue weighted by atomic mass is 10.0. The van der Waals surface area contributed by atoms with Crippen LogP contribution in [0.15, 0.2) is 0 Å². The topological polar surface area (TPSA) is 45.6 Å². The van der Waals surface area contributed by atoms with E-state index < -0.39 is 0 Å². The molecule has 0 radical (unpaired) electrons. The molecule has 1 unspecified atom stereocenters. The molecule has 0 saturated heterocycles. The van der Waals surface area contributed by atoms with Crippen molar-refractivity contribution in [1.29, 1.82) is 0 Å². The molecule has 1 heterocycles. The van der Waals surface area contributed by atoms with Gasteiger partial charge in [-0.2, -0.15) is 0 Å². The molecule has 1 aromatic rings. The lowest BCUT2D eigenvalue weighted by Gasteiger charge is -2.25. The van der Waals surface area contributed by atoms with Crippen molar-refractivity contribution >= 4 is 16.5 Å². The average Bonchev–Trinajstić information content (AvgIpc) is 2.74. The van der Waals surface area contributed by atoms with Gasteiger partial charge in [-0.1, -0.05) is 0 Å². The number of aliphatic hydroxyl groups is 1. The maximum atomic E-state index is 9.97. The fourth-order valence-corrected chi connectivity index (χ4v) is 3.59. The Morgan fingerprint density at radius 1 is 1.56 bits per heavy atom. The molecule has 0 fully saturated rings. The van der Waals surface area contributed by atoms with Gasteiger partial charge in [0.05, 0.1) is 18.4 Å². The molecule has 1 aliphatic carbocycles. The lowest BCUT2D eigenvalue weighted by Crippen LogP contribution is -2.33. The highest BCUT2D eigenvalue weighted by Gasteiger charge is 2.25. The Labute approximate surface area is 113 Å². The Bertz CT molecular complexity index is 392. The molecule has 0 amide bonds. The number of aryl methyl sites for hydroxylation is 1. The minimum atomic E-state index is -0.366. The highest BCUT2D eigenvalue weighted by atomic mass is 32.1. The van der Waals surface area contributed by atoms with Crippen molar-refractivity contribution in [1.82, 2.24) is 4.98 Å². The third-order valence-electron chi connectivity index (χ3n) is 3.32. The van der Waals surface area contributed by atoms with Gasteiger partial charge >= 0.3 is 0 Å². The maximum absolute atomic E-state index is 9.97. The number of rotatable bonds is 5. The van der Waals surface area contributed by atoms with Crippen LogP contribution in [0.3, 0.4) is 0 Å². The number of aromatic nitrogens is 1. The van der Waals surface area contributed by atoms with Crippen LogP contribution in [0.25, 0.3) is 0 Å². The summed E-state index contributed by atoms with van der Waals surface area (Å²) in [7, 11) is 1.72. The van der Waals surface area contributed by atoms with Crippen LogP contribution < -0.4 is 4.90 Å². The van der Waals surface area contributed by atoms with E-state index in [1.54, 1.807) is 18.4 Å². The van der Waals surface area contributed by atoms with E-state index in [9.17, 15) is 5.11 Å². The van der Waals surface area contributed by atoms with Crippen LogP contribution in [0, 0.1) is 0 Å². The highest BCUT2D eigenvalue weighted by Crippen LogP contribution is 2.37. The number of hydrogen-bond acceptors (Lipinski definition) is 5. The van der Waals surface area contributed by atoms with Gasteiger partial charge < -0.3 is 14.7 Å². The maximum Gasteiger partial charge on any atom is 0.186 e. The number of fused-ring (bicyclic) bond motifs is 1. The fourth-order valence-electron chi connectivity index (χ4n) is 2.27. The van der Waals surface area contributed by atoms with Crippen molar-refractivity contribution in [2.75, 3.05) is 25.2 Å². The van der Waals surface area contributed by atoms with Crippen LogP contribution in [0.2, 0.25) is 0 Å². The first-order valence-corrected chi connectivity index (χ1v) is 7.38. The van der Waals surface area contributed by atoms with Crippen molar-refractivity contribution in [3.8, 4) is 0 Å². The summed E-state index contributed by atoms with van der Waals surface area (Å²) in [6.45, 7) is 5.86. The summed E-state index contributed by atoms with van der Waals surface area (Å²) >= 11 is 1.73. The van der Waals surface area contributed by atoms with Crippen LogP contribution in [0.1, 0.15) is 43.4 Å². The van der Waals surface area contributed by atoms with Gasteiger partial charge in [0.2, 0.25) is 0 Å². The number of anilines is 1. The second kappa shape index (κ2) is 5.99. The van der Waals surface area contributed by atoms with Gasteiger partial charge in [-0.15, -0.1) is 11.3 Å². The summed E-state index contributed by atoms with van der Waals surface area (Å²) in [5.74, 6) is 0. The predicted molar refractivity (Wildman–Crippen MR) is 74.4 cm³/mol. The third kappa shape index (κ3) is 2.84. The van der Waals surface area contributed by atoms with E-state index in [2.05, 4.69) is 23.7 Å². The molecule has 1 N–H and O–H groups in total. The first-order chi connectivity index (χ1) is 8.63. The Morgan fingerprint density at radius 3 is 2.94 bits per heavy atom. The van der Waals surface area contributed by atoms with Crippen LogP contribution in [-0.4, -0.2) is 36.4 Å². The van der Waals surface area contributed by atoms with Crippen molar-refractivity contribution in [2.45, 2.75) is 45.3 Å². The van der Waals surface area contributed by atoms with Gasteiger partial charge in [0, 0.05) is 24.6 Å². The summed E-state index contributed by atoms with van der Waals surface area (Å²) < 4.78 is 5.15. The van der Waals surface area contributed by atoms with E-state index in [0.29, 0.717) is 12.6 Å². The van der Waals surface area contributed by atoms with Crippen LogP contribution in [0.5, 0.6) is 0 Å². The summed E-state index contributed by atoms with van der Waals surface area (Å²) in [6.07, 6.45) is 2.60. The van der Waals surface area contributed by atoms with Gasteiger partial charge in [-0.05, 0) is 33.1 Å². The molecule has 0 aliphatic heterocycles. The quantitative estimate of drug-likeness (QED) is 0.892. The van der Waals surface area contributed by atoms with Crippen molar-refractivity contribution in [2.24, 2.45) is 0 Å². The monoisotopic (exact) mass is 270 g/mol. The number of aliphatic hydroxyl groups excluding tert-OH is 1. The van der Waals surface area contributed by atoms with Gasteiger partial charge in [0.1, 0.15) is 0 Å². The van der Waals surface area contributed by atoms with Gasteiger partial charge in [-0.3, -0.25) is 0 Å². The standard InChI is InChI=1S/C13H22N2O2S/c1-9(2)15(7-8-17-3)13-14-12-10(16)5-4-6-11(12)18-13/h9-10,16H,4-8H2,1-3H3. The van der Waals surface area contributed by atoms with E-state index in [0.717, 1.165) is 36.6 Å². The Balaban J connectivity index is 2.20. The molecule has 1 aliphatic rings. The van der Waals surface area contributed by atoms with Gasteiger partial charge in [0.15, 0.2) is 5.13 Å². The first kappa shape index (κ1) is 13.8. The molecule has 0 bridgehead atoms. The third-order valence-corrected chi connectivity index (χ3v) is 4.49. The number of nitrogens with zero attached hydrogens (tertiary/aromatic N) is 2. The molecule has 4 nitrogen and oxygen atoms in total. The lowest BCUT2D eigenvalue weighted by molar-refractivity contribution is 0.153. The molecule has 102 valence electrons. The van der Waals surface area contributed by atoms with E-state index in [1.165, 1.54) is 4.88 Å². The number of thiazole rings is 1. The van der Waals surface area contributed by atoms with Crippen LogP contribution in [0.4, 0.5) is 5.13 Å². The van der Waals surface area contributed by atoms with E-state index >= 15 is 0 Å². The summed E-state index contributed by atoms with van der Waals surface area (Å²) in [5.41, 5.74) is 0.907. The zero-order chi connectivity index (χ0) is 13.1. The van der Waals surface area contributed by atoms with Crippen LogP contribution in [-0.2, 0) is 11.2 Å². The van der Waals surface area contributed by atoms with E-state index in [-0.39, 0.29) is 6.10 Å². The normalized spacial score (nSPS) is 19.1. The smallest absolute Gasteiger partial charge is 0.186 e. The van der Waals surface area contributed by atoms with E-state index in [1.807, 2.05) is 0 Å². The van der Waals surface area contributed by atoms with Gasteiger partial charge in [-0.25, -0.2) is 4.98 Å². The highest BCUT2D eigenvalue weighted by molar-refractivity contribution is 7.15. The summed E-state index contributed by atoms with van der Waals surface area (Å²) in [6, 6.07) is 0.393. The Kier molecular flexibility index (Phi) is 4.59. The Hall–Kier alpha value is -0.650. The summed E-state index contributed by atoms with van der Waals surface area (Å²) in [4.78, 5) is 8.15. The molecule has 0 spiro atoms. The Morgan fingerprint density at radius 2 is 2.33 bits per heavy atom. The van der Waals surface area contributed by atoms with Crippen molar-refractivity contribution in [3.05, 3.63) is 10.6 Å². The molecule has 18 heavy (non-hydrogen) atoms. The number of hydrogen-bond donors (Lipinski definition) is 1. The largest absolute Gasteiger partial charge is 0.387 e. The second-order valence-electron chi connectivity index (χ2n) is 4.99. The summed E-state index contributed by atoms with van der Waals surface area (Å²) in [5, 5.41) is 11.0. The van der Waals surface area contributed by atoms with Crippen molar-refractivity contribution in [3.63, 3.8) is 0 Å². The zero-order valence-corrected chi connectivity index (χ0v) is 12.2. The molecule has 2 rings (SSSR count). The van der Waals surface area contributed by atoms with E-state index in [4.69, 9.17) is 4.74 Å². The number of ether oxygens (including phenoxy) is 1. The number of methoxy groups -OCH3 is 1. The zero-order valence-electron chi connectivity index (χ0n) is 11.3. The molecule has 1 aromatic heterocycles. The van der Waals surface area contributed by atoms with Crippen LogP contribution >= 0.6 is 11.3 Å². The molecular weight excluding hydrogens is 248 g/mol. The minimum Gasteiger partial charge on any atom is -0.387 e. The van der Waals surface area contributed by atoms with Gasteiger partial charge in [0.25, 0.3) is 0 Å². The molecular formula is C13H22N2O2S. The molecule has 5 heteroatoms. The second-order valence-corrected chi connectivity index (χ2v) is 6.05. The van der Waals surface area contributed by atoms with Crippen molar-refractivity contribution < 1.29 is 9.84 Å². The fraction of sp³-hybridized carbons (Fsp3) is 0.769. The molecule has 0 saturated carbocycles. The minimum absolute atomic E-state index is 0.366. The predicted octanol–water partition coefficient (Wildman–Crippen LogP) is 2.37. The molecule has 1 atom stereocenters. The molecule has 0 aromatic carbocycles.